The third kappa shape index (κ3) is 9.60. The summed E-state index contributed by atoms with van der Waals surface area (Å²) in [6.45, 7) is 5.25. The summed E-state index contributed by atoms with van der Waals surface area (Å²) < 4.78 is 104. The van der Waals surface area contributed by atoms with Crippen molar-refractivity contribution in [2.75, 3.05) is 32.3 Å². The van der Waals surface area contributed by atoms with Crippen molar-refractivity contribution >= 4 is 17.9 Å². The molecule has 0 fully saturated rings. The molecule has 2 amide bonds. The van der Waals surface area contributed by atoms with E-state index >= 15 is 0 Å². The normalized spacial score (nSPS) is 16.4. The molecule has 0 aliphatic carbocycles. The van der Waals surface area contributed by atoms with Crippen molar-refractivity contribution in [2.24, 2.45) is 0 Å². The molecule has 8 nitrogen and oxygen atoms in total. The Hall–Kier alpha value is -3.84. The zero-order valence-corrected chi connectivity index (χ0v) is 27.2. The van der Waals surface area contributed by atoms with Crippen LogP contribution in [0, 0.1) is 0 Å². The first-order valence-electron chi connectivity index (χ1n) is 15.6. The first-order valence-corrected chi connectivity index (χ1v) is 15.6. The molecule has 0 saturated carbocycles. The van der Waals surface area contributed by atoms with E-state index in [0.717, 1.165) is 50.5 Å². The summed E-state index contributed by atoms with van der Waals surface area (Å²) in [7, 11) is 2.46. The number of unbranched alkanes of at least 4 members (excludes halogenated alkanes) is 5. The van der Waals surface area contributed by atoms with Crippen molar-refractivity contribution in [1.29, 1.82) is 0 Å². The number of amides is 2. The zero-order valence-electron chi connectivity index (χ0n) is 27.2. The number of hydrogen-bond acceptors (Lipinski definition) is 6. The molecule has 2 aromatic carbocycles. The lowest BCUT2D eigenvalue weighted by atomic mass is 9.90. The van der Waals surface area contributed by atoms with Gasteiger partial charge in [0.05, 0.1) is 50.3 Å². The summed E-state index contributed by atoms with van der Waals surface area (Å²) in [6.07, 6.45) is -5.56. The van der Waals surface area contributed by atoms with Gasteiger partial charge in [0.2, 0.25) is 0 Å². The summed E-state index contributed by atoms with van der Waals surface area (Å²) in [5.41, 5.74) is -2.79. The minimum Gasteiger partial charge on any atom is -0.493 e. The molecule has 262 valence electrons. The van der Waals surface area contributed by atoms with Crippen molar-refractivity contribution < 1.29 is 54.9 Å². The van der Waals surface area contributed by atoms with Crippen LogP contribution in [0.3, 0.4) is 0 Å². The fourth-order valence-corrected chi connectivity index (χ4v) is 5.66. The molecular weight excluding hydrogens is 634 g/mol. The molecule has 0 bridgehead atoms. The van der Waals surface area contributed by atoms with Crippen LogP contribution in [-0.2, 0) is 28.4 Å². The Morgan fingerprint density at radius 1 is 0.872 bits per heavy atom. The maximum Gasteiger partial charge on any atom is 0.416 e. The minimum absolute atomic E-state index is 0.0266. The number of benzene rings is 2. The Morgan fingerprint density at radius 2 is 1.49 bits per heavy atom. The van der Waals surface area contributed by atoms with Crippen LogP contribution in [0.1, 0.15) is 94.0 Å². The van der Waals surface area contributed by atoms with Crippen LogP contribution < -0.4 is 14.4 Å². The molecule has 2 atom stereocenters. The maximum absolute atomic E-state index is 13.6. The van der Waals surface area contributed by atoms with E-state index in [-0.39, 0.29) is 24.8 Å². The number of carbonyl (C=O) groups excluding carboxylic acids is 2. The van der Waals surface area contributed by atoms with Crippen LogP contribution in [0.15, 0.2) is 30.3 Å². The molecule has 1 heterocycles. The Bertz CT molecular complexity index is 1330. The van der Waals surface area contributed by atoms with Crippen LogP contribution >= 0.6 is 0 Å². The van der Waals surface area contributed by atoms with Crippen LogP contribution in [-0.4, -0.2) is 50.6 Å². The van der Waals surface area contributed by atoms with Gasteiger partial charge in [-0.2, -0.15) is 26.3 Å². The highest BCUT2D eigenvalue weighted by Crippen LogP contribution is 2.47. The smallest absolute Gasteiger partial charge is 0.416 e. The lowest BCUT2D eigenvalue weighted by molar-refractivity contribution is -0.143. The predicted octanol–water partition coefficient (Wildman–Crippen LogP) is 9.54. The molecule has 0 unspecified atom stereocenters. The molecule has 0 saturated heterocycles. The second-order valence-electron chi connectivity index (χ2n) is 11.4. The molecule has 0 N–H and O–H groups in total. The highest BCUT2D eigenvalue weighted by Gasteiger charge is 2.42. The van der Waals surface area contributed by atoms with Crippen molar-refractivity contribution in [3.63, 3.8) is 0 Å². The van der Waals surface area contributed by atoms with Crippen LogP contribution in [0.2, 0.25) is 0 Å². The van der Waals surface area contributed by atoms with Crippen molar-refractivity contribution in [2.45, 2.75) is 96.7 Å². The predicted molar refractivity (Wildman–Crippen MR) is 163 cm³/mol. The van der Waals surface area contributed by atoms with Gasteiger partial charge in [0.15, 0.2) is 11.5 Å². The van der Waals surface area contributed by atoms with Gasteiger partial charge in [-0.3, -0.25) is 9.80 Å². The van der Waals surface area contributed by atoms with Gasteiger partial charge >= 0.3 is 24.5 Å². The average molecular weight is 677 g/mol. The van der Waals surface area contributed by atoms with Gasteiger partial charge in [0.1, 0.15) is 0 Å². The van der Waals surface area contributed by atoms with E-state index in [1.54, 1.807) is 26.0 Å². The largest absolute Gasteiger partial charge is 0.493 e. The number of alkyl halides is 6. The maximum atomic E-state index is 13.6. The number of hydrogen-bond donors (Lipinski definition) is 0. The molecule has 1 aliphatic heterocycles. The molecule has 0 aromatic heterocycles. The average Bonchev–Trinajstić information content (AvgIpc) is 3.01. The highest BCUT2D eigenvalue weighted by atomic mass is 19.4. The van der Waals surface area contributed by atoms with E-state index in [4.69, 9.17) is 18.9 Å². The highest BCUT2D eigenvalue weighted by molar-refractivity contribution is 5.91. The molecule has 14 heteroatoms. The van der Waals surface area contributed by atoms with E-state index in [2.05, 4.69) is 6.92 Å². The SMILES string of the molecule is CCCCCCCCOc1cc2c(cc1OC)[C@H](N(Cc1cc(C(F)(F)F)cc(C(F)(F)F)c1)C(=O)OC)C[C@H](C)N2C(=O)OCC. The Kier molecular flexibility index (Phi) is 13.1. The summed E-state index contributed by atoms with van der Waals surface area (Å²) in [6, 6.07) is 2.73. The number of fused-ring (bicyclic) bond motifs is 1. The van der Waals surface area contributed by atoms with Gasteiger partial charge in [0, 0.05) is 24.2 Å². The number of carbonyl (C=O) groups is 2. The fraction of sp³-hybridized carbons (Fsp3) is 0.576. The lowest BCUT2D eigenvalue weighted by Gasteiger charge is -2.42. The van der Waals surface area contributed by atoms with Gasteiger partial charge < -0.3 is 18.9 Å². The topological polar surface area (TPSA) is 77.5 Å². The van der Waals surface area contributed by atoms with Gasteiger partial charge in [-0.05, 0) is 56.5 Å². The third-order valence-corrected chi connectivity index (χ3v) is 7.94. The van der Waals surface area contributed by atoms with E-state index in [0.29, 0.717) is 35.7 Å². The van der Waals surface area contributed by atoms with E-state index in [1.807, 2.05) is 0 Å². The molecular formula is C33H42F6N2O6. The first kappa shape index (κ1) is 37.6. The summed E-state index contributed by atoms with van der Waals surface area (Å²) in [5.74, 6) is 0.584. The van der Waals surface area contributed by atoms with Gasteiger partial charge in [0.25, 0.3) is 0 Å². The second-order valence-corrected chi connectivity index (χ2v) is 11.4. The minimum atomic E-state index is -5.07. The van der Waals surface area contributed by atoms with E-state index in [1.165, 1.54) is 12.0 Å². The first-order chi connectivity index (χ1) is 22.2. The Balaban J connectivity index is 2.09. The lowest BCUT2D eigenvalue weighted by Crippen LogP contribution is -2.47. The number of ether oxygens (including phenoxy) is 4. The fourth-order valence-electron chi connectivity index (χ4n) is 5.66. The van der Waals surface area contributed by atoms with Crippen molar-refractivity contribution in [3.05, 3.63) is 52.6 Å². The van der Waals surface area contributed by atoms with E-state index < -0.39 is 59.9 Å². The second kappa shape index (κ2) is 16.3. The molecule has 0 radical (unpaired) electrons. The number of methoxy groups -OCH3 is 2. The van der Waals surface area contributed by atoms with Gasteiger partial charge in [-0.15, -0.1) is 0 Å². The van der Waals surface area contributed by atoms with Gasteiger partial charge in [-0.1, -0.05) is 39.0 Å². The van der Waals surface area contributed by atoms with Gasteiger partial charge in [-0.25, -0.2) is 9.59 Å². The van der Waals surface area contributed by atoms with Crippen molar-refractivity contribution in [1.82, 2.24) is 4.90 Å². The third-order valence-electron chi connectivity index (χ3n) is 7.94. The molecule has 2 aromatic rings. The van der Waals surface area contributed by atoms with Crippen molar-refractivity contribution in [3.8, 4) is 11.5 Å². The monoisotopic (exact) mass is 676 g/mol. The molecule has 3 rings (SSSR count). The summed E-state index contributed by atoms with van der Waals surface area (Å²) in [4.78, 5) is 28.8. The Labute approximate surface area is 270 Å². The number of halogens is 6. The van der Waals surface area contributed by atoms with Crippen LogP contribution in [0.4, 0.5) is 41.6 Å². The molecule has 47 heavy (non-hydrogen) atoms. The molecule has 1 aliphatic rings. The zero-order chi connectivity index (χ0) is 34.9. The Morgan fingerprint density at radius 3 is 2.04 bits per heavy atom. The van der Waals surface area contributed by atoms with Crippen LogP contribution in [0.25, 0.3) is 0 Å². The quantitative estimate of drug-likeness (QED) is 0.155. The summed E-state index contributed by atoms with van der Waals surface area (Å²) >= 11 is 0. The summed E-state index contributed by atoms with van der Waals surface area (Å²) in [5, 5.41) is 0. The van der Waals surface area contributed by atoms with Crippen LogP contribution in [0.5, 0.6) is 11.5 Å². The number of nitrogens with zero attached hydrogens (tertiary/aromatic N) is 2. The number of rotatable bonds is 13. The number of anilines is 1. The van der Waals surface area contributed by atoms with E-state index in [9.17, 15) is 35.9 Å². The standard InChI is InChI=1S/C33H42F6N2O6/c1-6-8-9-10-11-12-13-47-29-19-27-25(18-28(29)44-4)26(14-21(3)41(27)31(43)46-7-2)40(30(42)45-5)20-22-15-23(32(34,35)36)17-24(16-22)33(37,38)39/h15-19,21,26H,6-14,20H2,1-5H3/t21-,26+/m0/s1. The molecule has 0 spiro atoms.